The van der Waals surface area contributed by atoms with Gasteiger partial charge in [0.05, 0.1) is 0 Å². The van der Waals surface area contributed by atoms with E-state index in [0.29, 0.717) is 12.8 Å². The summed E-state index contributed by atoms with van der Waals surface area (Å²) in [5.74, 6) is 0. The summed E-state index contributed by atoms with van der Waals surface area (Å²) >= 11 is 0. The molecule has 0 radical (unpaired) electrons. The van der Waals surface area contributed by atoms with Gasteiger partial charge >= 0.3 is 0 Å². The summed E-state index contributed by atoms with van der Waals surface area (Å²) in [6, 6.07) is 0. The smallest absolute Gasteiger partial charge is 0.201 e. The molecular weight excluding hydrogens is 198 g/mol. The van der Waals surface area contributed by atoms with E-state index in [-0.39, 0.29) is 0 Å². The van der Waals surface area contributed by atoms with Crippen LogP contribution in [0, 0.1) is 0 Å². The van der Waals surface area contributed by atoms with Gasteiger partial charge in [0.1, 0.15) is 0 Å². The van der Waals surface area contributed by atoms with Crippen LogP contribution in [0.2, 0.25) is 0 Å². The first-order valence-electron chi connectivity index (χ1n) is 6.14. The minimum atomic E-state index is -1.42. The zero-order valence-corrected chi connectivity index (χ0v) is 9.98. The average Bonchev–Trinajstić information content (AvgIpc) is 2.18. The van der Waals surface area contributed by atoms with Crippen molar-refractivity contribution in [3.05, 3.63) is 0 Å². The highest BCUT2D eigenvalue weighted by atomic mass is 19.2. The van der Waals surface area contributed by atoms with E-state index in [1.807, 2.05) is 0 Å². The molecule has 0 heterocycles. The lowest BCUT2D eigenvalue weighted by Crippen LogP contribution is -2.14. The fourth-order valence-corrected chi connectivity index (χ4v) is 1.41. The summed E-state index contributed by atoms with van der Waals surface area (Å²) in [5, 5.41) is 0. The molecular formula is C12H24F2O. The van der Waals surface area contributed by atoms with Gasteiger partial charge in [-0.2, -0.15) is 0 Å². The summed E-state index contributed by atoms with van der Waals surface area (Å²) in [4.78, 5) is 0. The lowest BCUT2D eigenvalue weighted by atomic mass is 10.2. The predicted molar refractivity (Wildman–Crippen MR) is 59.2 cm³/mol. The van der Waals surface area contributed by atoms with Gasteiger partial charge in [0.25, 0.3) is 0 Å². The molecule has 15 heavy (non-hydrogen) atoms. The van der Waals surface area contributed by atoms with E-state index in [0.717, 1.165) is 38.5 Å². The molecule has 0 aromatic rings. The molecule has 1 nitrogen and oxygen atoms in total. The van der Waals surface area contributed by atoms with E-state index < -0.39 is 12.7 Å². The largest absolute Gasteiger partial charge is 0.314 e. The van der Waals surface area contributed by atoms with Gasteiger partial charge in [-0.25, -0.2) is 8.78 Å². The molecule has 0 saturated heterocycles. The molecule has 3 heteroatoms. The molecule has 0 aliphatic heterocycles. The van der Waals surface area contributed by atoms with E-state index in [2.05, 4.69) is 18.6 Å². The first kappa shape index (κ1) is 14.8. The van der Waals surface area contributed by atoms with E-state index >= 15 is 0 Å². The molecule has 92 valence electrons. The Hall–Kier alpha value is -0.180. The zero-order valence-electron chi connectivity index (χ0n) is 9.98. The molecule has 0 spiro atoms. The van der Waals surface area contributed by atoms with Crippen LogP contribution in [-0.4, -0.2) is 12.7 Å². The number of unbranched alkanes of at least 4 members (excludes halogenated alkanes) is 4. The molecule has 0 rings (SSSR count). The van der Waals surface area contributed by atoms with Crippen molar-refractivity contribution in [2.24, 2.45) is 0 Å². The van der Waals surface area contributed by atoms with E-state index in [1.165, 1.54) is 0 Å². The summed E-state index contributed by atoms with van der Waals surface area (Å²) in [6.07, 6.45) is 3.40. The van der Waals surface area contributed by atoms with Crippen molar-refractivity contribution in [3.63, 3.8) is 0 Å². The third-order valence-electron chi connectivity index (χ3n) is 2.36. The Morgan fingerprint density at radius 3 is 1.53 bits per heavy atom. The first-order chi connectivity index (χ1) is 7.20. The first-order valence-corrected chi connectivity index (χ1v) is 6.14. The van der Waals surface area contributed by atoms with Gasteiger partial charge in [0.15, 0.2) is 0 Å². The monoisotopic (exact) mass is 222 g/mol. The van der Waals surface area contributed by atoms with Crippen molar-refractivity contribution in [1.29, 1.82) is 0 Å². The topological polar surface area (TPSA) is 9.23 Å². The number of hydrogen-bond acceptors (Lipinski definition) is 1. The highest BCUT2D eigenvalue weighted by Crippen LogP contribution is 2.14. The zero-order chi connectivity index (χ0) is 11.5. The maximum Gasteiger partial charge on any atom is 0.201 e. The highest BCUT2D eigenvalue weighted by molar-refractivity contribution is 4.49. The molecule has 0 fully saturated rings. The summed E-state index contributed by atoms with van der Waals surface area (Å²) < 4.78 is 30.7. The van der Waals surface area contributed by atoms with Crippen LogP contribution < -0.4 is 0 Å². The second-order valence-electron chi connectivity index (χ2n) is 3.95. The number of ether oxygens (including phenoxy) is 1. The molecule has 0 bridgehead atoms. The van der Waals surface area contributed by atoms with Gasteiger partial charge in [-0.05, 0) is 12.8 Å². The Labute approximate surface area is 92.2 Å². The molecule has 0 aromatic heterocycles. The van der Waals surface area contributed by atoms with Gasteiger partial charge in [-0.15, -0.1) is 0 Å². The van der Waals surface area contributed by atoms with Crippen molar-refractivity contribution < 1.29 is 13.5 Å². The highest BCUT2D eigenvalue weighted by Gasteiger charge is 2.13. The van der Waals surface area contributed by atoms with Crippen molar-refractivity contribution in [2.45, 2.75) is 77.9 Å². The second kappa shape index (κ2) is 10.3. The van der Waals surface area contributed by atoms with E-state index in [1.54, 1.807) is 0 Å². The lowest BCUT2D eigenvalue weighted by molar-refractivity contribution is -0.145. The third-order valence-corrected chi connectivity index (χ3v) is 2.36. The van der Waals surface area contributed by atoms with Crippen LogP contribution in [0.15, 0.2) is 0 Å². The molecule has 0 aliphatic rings. The van der Waals surface area contributed by atoms with Crippen LogP contribution in [0.3, 0.4) is 0 Å². The minimum Gasteiger partial charge on any atom is -0.314 e. The van der Waals surface area contributed by atoms with Crippen molar-refractivity contribution in [3.8, 4) is 0 Å². The van der Waals surface area contributed by atoms with Crippen LogP contribution >= 0.6 is 0 Å². The van der Waals surface area contributed by atoms with Gasteiger partial charge < -0.3 is 4.74 Å². The maximum atomic E-state index is 13.0. The van der Waals surface area contributed by atoms with Gasteiger partial charge in [0, 0.05) is 12.8 Å². The average molecular weight is 222 g/mol. The molecule has 2 unspecified atom stereocenters. The second-order valence-corrected chi connectivity index (χ2v) is 3.95. The van der Waals surface area contributed by atoms with Crippen LogP contribution in [0.1, 0.15) is 65.2 Å². The fraction of sp³-hybridized carbons (Fsp3) is 1.00. The summed E-state index contributed by atoms with van der Waals surface area (Å²) in [6.45, 7) is 4.10. The molecule has 0 saturated carbocycles. The number of halogens is 2. The molecule has 0 amide bonds. The van der Waals surface area contributed by atoms with Crippen molar-refractivity contribution in [1.82, 2.24) is 0 Å². The van der Waals surface area contributed by atoms with E-state index in [4.69, 9.17) is 0 Å². The number of alkyl halides is 2. The Kier molecular flexibility index (Phi) is 10.2. The summed E-state index contributed by atoms with van der Waals surface area (Å²) in [7, 11) is 0. The SMILES string of the molecule is CCCCCC(F)OC(F)CCCCC. The Bertz CT molecular complexity index is 117. The van der Waals surface area contributed by atoms with Gasteiger partial charge in [-0.1, -0.05) is 39.5 Å². The Morgan fingerprint density at radius 1 is 0.800 bits per heavy atom. The third kappa shape index (κ3) is 10.1. The summed E-state index contributed by atoms with van der Waals surface area (Å²) in [5.41, 5.74) is 0. The predicted octanol–water partition coefficient (Wildman–Crippen LogP) is 4.75. The van der Waals surface area contributed by atoms with Gasteiger partial charge in [0.2, 0.25) is 12.7 Å². The van der Waals surface area contributed by atoms with Crippen LogP contribution in [0.25, 0.3) is 0 Å². The molecule has 0 aromatic carbocycles. The van der Waals surface area contributed by atoms with Crippen molar-refractivity contribution >= 4 is 0 Å². The Balaban J connectivity index is 3.35. The van der Waals surface area contributed by atoms with Crippen LogP contribution in [-0.2, 0) is 4.74 Å². The van der Waals surface area contributed by atoms with Gasteiger partial charge in [-0.3, -0.25) is 0 Å². The number of hydrogen-bond donors (Lipinski definition) is 0. The van der Waals surface area contributed by atoms with Crippen LogP contribution in [0.4, 0.5) is 8.78 Å². The molecule has 0 N–H and O–H groups in total. The molecule has 0 aliphatic carbocycles. The standard InChI is InChI=1S/C12H24F2O/c1-3-5-7-9-11(13)15-12(14)10-8-6-4-2/h11-12H,3-10H2,1-2H3. The minimum absolute atomic E-state index is 0.321. The lowest BCUT2D eigenvalue weighted by Gasteiger charge is -2.13. The maximum absolute atomic E-state index is 13.0. The fourth-order valence-electron chi connectivity index (χ4n) is 1.41. The quantitative estimate of drug-likeness (QED) is 0.484. The molecule has 2 atom stereocenters. The Morgan fingerprint density at radius 2 is 1.20 bits per heavy atom. The van der Waals surface area contributed by atoms with E-state index in [9.17, 15) is 8.78 Å². The van der Waals surface area contributed by atoms with Crippen molar-refractivity contribution in [2.75, 3.05) is 0 Å². The normalized spacial score (nSPS) is 15.2. The number of rotatable bonds is 10. The van der Waals surface area contributed by atoms with Crippen LogP contribution in [0.5, 0.6) is 0 Å².